The molecule has 0 atom stereocenters. The Morgan fingerprint density at radius 2 is 2.27 bits per heavy atom. The van der Waals surface area contributed by atoms with Gasteiger partial charge in [0.2, 0.25) is 0 Å². The molecule has 1 aromatic rings. The summed E-state index contributed by atoms with van der Waals surface area (Å²) in [6, 6.07) is 0. The quantitative estimate of drug-likeness (QED) is 0.701. The van der Waals surface area contributed by atoms with Crippen molar-refractivity contribution in [2.45, 2.75) is 0 Å². The normalized spacial score (nSPS) is 16.5. The maximum atomic E-state index is 11.6. The van der Waals surface area contributed by atoms with Gasteiger partial charge in [0.25, 0.3) is 0 Å². The van der Waals surface area contributed by atoms with Crippen LogP contribution < -0.4 is 4.84 Å². The third-order valence-corrected chi connectivity index (χ3v) is 2.53. The van der Waals surface area contributed by atoms with E-state index < -0.39 is 6.09 Å². The van der Waals surface area contributed by atoms with Gasteiger partial charge in [-0.25, -0.2) is 4.79 Å². The van der Waals surface area contributed by atoms with E-state index in [0.29, 0.717) is 26.3 Å². The second kappa shape index (κ2) is 4.79. The zero-order valence-corrected chi connectivity index (χ0v) is 10.1. The molecule has 0 saturated carbocycles. The van der Waals surface area contributed by atoms with E-state index >= 15 is 0 Å². The first kappa shape index (κ1) is 10.7. The largest absolute Gasteiger partial charge is 0.436 e. The molecule has 15 heavy (non-hydrogen) atoms. The smallest absolute Gasteiger partial charge is 0.378 e. The molecule has 1 aliphatic heterocycles. The van der Waals surface area contributed by atoms with Gasteiger partial charge in [0.1, 0.15) is 0 Å². The van der Waals surface area contributed by atoms with E-state index in [2.05, 4.69) is 27.7 Å². The van der Waals surface area contributed by atoms with Crippen LogP contribution in [0.2, 0.25) is 0 Å². The van der Waals surface area contributed by atoms with Gasteiger partial charge in [-0.2, -0.15) is 0 Å². The highest BCUT2D eigenvalue weighted by molar-refractivity contribution is 14.1. The molecule has 0 aliphatic carbocycles. The second-order valence-corrected chi connectivity index (χ2v) is 4.26. The topological polar surface area (TPSA) is 56.6 Å². The predicted molar refractivity (Wildman–Crippen MR) is 59.3 cm³/mol. The molecule has 0 N–H and O–H groups in total. The lowest BCUT2D eigenvalue weighted by molar-refractivity contribution is 0.0197. The summed E-state index contributed by atoms with van der Waals surface area (Å²) >= 11 is 2.09. The van der Waals surface area contributed by atoms with Crippen molar-refractivity contribution in [3.63, 3.8) is 0 Å². The Morgan fingerprint density at radius 3 is 2.87 bits per heavy atom. The van der Waals surface area contributed by atoms with Crippen molar-refractivity contribution in [1.82, 2.24) is 14.8 Å². The van der Waals surface area contributed by atoms with E-state index in [-0.39, 0.29) is 0 Å². The molecule has 6 nitrogen and oxygen atoms in total. The molecule has 1 amide bonds. The zero-order valence-electron chi connectivity index (χ0n) is 7.93. The number of hydrogen-bond donors (Lipinski definition) is 0. The van der Waals surface area contributed by atoms with Crippen LogP contribution >= 0.6 is 22.6 Å². The molecule has 0 bridgehead atoms. The van der Waals surface area contributed by atoms with Crippen LogP contribution in [0.25, 0.3) is 0 Å². The fraction of sp³-hybridized carbons (Fsp3) is 0.500. The van der Waals surface area contributed by atoms with E-state index in [9.17, 15) is 4.79 Å². The van der Waals surface area contributed by atoms with Gasteiger partial charge in [-0.15, -0.1) is 5.10 Å². The molecule has 1 fully saturated rings. The molecule has 2 heterocycles. The minimum Gasteiger partial charge on any atom is -0.378 e. The summed E-state index contributed by atoms with van der Waals surface area (Å²) in [5.41, 5.74) is 0. The lowest BCUT2D eigenvalue weighted by Crippen LogP contribution is -2.44. The van der Waals surface area contributed by atoms with E-state index in [1.165, 1.54) is 4.85 Å². The lowest BCUT2D eigenvalue weighted by Gasteiger charge is -2.25. The Hall–Kier alpha value is -0.830. The van der Waals surface area contributed by atoms with Gasteiger partial charge in [0.05, 0.1) is 29.2 Å². The highest BCUT2D eigenvalue weighted by Gasteiger charge is 2.19. The summed E-state index contributed by atoms with van der Waals surface area (Å²) < 4.78 is 6.05. The van der Waals surface area contributed by atoms with Crippen LogP contribution in [0.3, 0.4) is 0 Å². The van der Waals surface area contributed by atoms with Crippen LogP contribution in [0.15, 0.2) is 12.4 Å². The average Bonchev–Trinajstić information content (AvgIpc) is 2.65. The minimum absolute atomic E-state index is 0.391. The molecule has 7 heteroatoms. The maximum Gasteiger partial charge on any atom is 0.436 e. The van der Waals surface area contributed by atoms with Gasteiger partial charge in [0, 0.05) is 13.1 Å². The molecule has 1 aromatic heterocycles. The number of hydrogen-bond acceptors (Lipinski definition) is 4. The molecule has 1 aliphatic rings. The average molecular weight is 323 g/mol. The van der Waals surface area contributed by atoms with Gasteiger partial charge >= 0.3 is 6.09 Å². The highest BCUT2D eigenvalue weighted by atomic mass is 127. The number of nitrogens with zero attached hydrogens (tertiary/aromatic N) is 3. The van der Waals surface area contributed by atoms with E-state index in [1.807, 2.05) is 0 Å². The van der Waals surface area contributed by atoms with Crippen LogP contribution in [-0.2, 0) is 4.74 Å². The van der Waals surface area contributed by atoms with Crippen molar-refractivity contribution in [2.24, 2.45) is 0 Å². The molecule has 0 radical (unpaired) electrons. The van der Waals surface area contributed by atoms with Crippen LogP contribution in [0.5, 0.6) is 0 Å². The predicted octanol–water partition coefficient (Wildman–Crippen LogP) is 0.369. The number of ether oxygens (including phenoxy) is 1. The standard InChI is InChI=1S/C8H10IN3O3/c9-7-5-10-12(6-7)15-8(13)11-1-3-14-4-2-11/h5-6H,1-4H2. The van der Waals surface area contributed by atoms with Crippen molar-refractivity contribution in [2.75, 3.05) is 26.3 Å². The number of aromatic nitrogens is 2. The third kappa shape index (κ3) is 2.81. The Kier molecular flexibility index (Phi) is 3.41. The SMILES string of the molecule is O=C(On1cc(I)cn1)N1CCOCC1. The Morgan fingerprint density at radius 1 is 1.53 bits per heavy atom. The summed E-state index contributed by atoms with van der Waals surface area (Å²) in [5, 5.41) is 3.86. The molecule has 2 rings (SSSR count). The van der Waals surface area contributed by atoms with Crippen LogP contribution in [0.4, 0.5) is 4.79 Å². The Balaban J connectivity index is 1.91. The third-order valence-electron chi connectivity index (χ3n) is 1.97. The van der Waals surface area contributed by atoms with E-state index in [4.69, 9.17) is 9.57 Å². The molecular formula is C8H10IN3O3. The van der Waals surface area contributed by atoms with Crippen molar-refractivity contribution in [3.8, 4) is 0 Å². The number of amides is 1. The highest BCUT2D eigenvalue weighted by Crippen LogP contribution is 2.01. The fourth-order valence-electron chi connectivity index (χ4n) is 1.22. The van der Waals surface area contributed by atoms with E-state index in [1.54, 1.807) is 17.3 Å². The molecule has 0 aromatic carbocycles. The van der Waals surface area contributed by atoms with Crippen molar-refractivity contribution in [1.29, 1.82) is 0 Å². The minimum atomic E-state index is -0.391. The first-order valence-corrected chi connectivity index (χ1v) is 5.59. The molecule has 82 valence electrons. The van der Waals surface area contributed by atoms with Gasteiger partial charge < -0.3 is 9.64 Å². The number of halogens is 1. The van der Waals surface area contributed by atoms with Crippen molar-refractivity contribution < 1.29 is 14.4 Å². The summed E-state index contributed by atoms with van der Waals surface area (Å²) in [6.07, 6.45) is 2.87. The number of carbonyl (C=O) groups is 1. The molecule has 1 saturated heterocycles. The number of morpholine rings is 1. The summed E-state index contributed by atoms with van der Waals surface area (Å²) in [4.78, 5) is 19.3. The molecular weight excluding hydrogens is 313 g/mol. The molecule has 0 spiro atoms. The van der Waals surface area contributed by atoms with Gasteiger partial charge in [-0.3, -0.25) is 4.84 Å². The van der Waals surface area contributed by atoms with Crippen LogP contribution in [0.1, 0.15) is 0 Å². The monoisotopic (exact) mass is 323 g/mol. The van der Waals surface area contributed by atoms with Gasteiger partial charge in [0.15, 0.2) is 0 Å². The number of rotatable bonds is 1. The Bertz CT molecular complexity index is 349. The second-order valence-electron chi connectivity index (χ2n) is 3.02. The zero-order chi connectivity index (χ0) is 10.7. The van der Waals surface area contributed by atoms with Crippen molar-refractivity contribution in [3.05, 3.63) is 16.0 Å². The fourth-order valence-corrected chi connectivity index (χ4v) is 1.58. The van der Waals surface area contributed by atoms with Gasteiger partial charge in [-0.1, -0.05) is 4.85 Å². The van der Waals surface area contributed by atoms with E-state index in [0.717, 1.165) is 3.57 Å². The summed E-state index contributed by atoms with van der Waals surface area (Å²) in [6.45, 7) is 2.26. The first-order chi connectivity index (χ1) is 7.25. The summed E-state index contributed by atoms with van der Waals surface area (Å²) in [5.74, 6) is 0. The van der Waals surface area contributed by atoms with Crippen LogP contribution in [0, 0.1) is 3.57 Å². The lowest BCUT2D eigenvalue weighted by atomic mass is 10.5. The van der Waals surface area contributed by atoms with Crippen molar-refractivity contribution >= 4 is 28.7 Å². The maximum absolute atomic E-state index is 11.6. The Labute approximate surface area is 100 Å². The van der Waals surface area contributed by atoms with Crippen LogP contribution in [-0.4, -0.2) is 47.2 Å². The van der Waals surface area contributed by atoms with Gasteiger partial charge in [-0.05, 0) is 22.6 Å². The number of carbonyl (C=O) groups excluding carboxylic acids is 1. The summed E-state index contributed by atoms with van der Waals surface area (Å²) in [7, 11) is 0. The first-order valence-electron chi connectivity index (χ1n) is 4.51. The molecule has 0 unspecified atom stereocenters.